The Kier molecular flexibility index (Phi) is 3.92. The molecule has 2 aromatic rings. The molecule has 0 bridgehead atoms. The van der Waals surface area contributed by atoms with Crippen molar-refractivity contribution in [1.29, 1.82) is 0 Å². The van der Waals surface area contributed by atoms with E-state index in [0.717, 1.165) is 24.3 Å². The van der Waals surface area contributed by atoms with Crippen LogP contribution in [0.2, 0.25) is 5.28 Å². The van der Waals surface area contributed by atoms with E-state index in [1.54, 1.807) is 0 Å². The van der Waals surface area contributed by atoms with E-state index >= 15 is 0 Å². The van der Waals surface area contributed by atoms with Gasteiger partial charge >= 0.3 is 0 Å². The van der Waals surface area contributed by atoms with Gasteiger partial charge in [0.1, 0.15) is 0 Å². The van der Waals surface area contributed by atoms with Crippen molar-refractivity contribution in [3.63, 3.8) is 0 Å². The second-order valence-corrected chi connectivity index (χ2v) is 5.70. The Bertz CT molecular complexity index is 620. The van der Waals surface area contributed by atoms with E-state index in [0.29, 0.717) is 11.8 Å². The number of hydrogen-bond donors (Lipinski definition) is 0. The summed E-state index contributed by atoms with van der Waals surface area (Å²) in [4.78, 5) is 17.3. The van der Waals surface area contributed by atoms with Crippen molar-refractivity contribution in [2.45, 2.75) is 12.8 Å². The van der Waals surface area contributed by atoms with Gasteiger partial charge in [0.2, 0.25) is 11.2 Å². The smallest absolute Gasteiger partial charge is 0.230 e. The van der Waals surface area contributed by atoms with Crippen LogP contribution >= 0.6 is 11.6 Å². The molecule has 110 valence electrons. The average Bonchev–Trinajstić information content (AvgIpc) is 3.01. The van der Waals surface area contributed by atoms with Crippen molar-refractivity contribution >= 4 is 23.2 Å². The zero-order chi connectivity index (χ0) is 14.8. The molecule has 1 aliphatic heterocycles. The monoisotopic (exact) mass is 303 g/mol. The van der Waals surface area contributed by atoms with Gasteiger partial charge in [-0.15, -0.1) is 0 Å². The van der Waals surface area contributed by atoms with E-state index in [9.17, 15) is 0 Å². The van der Waals surface area contributed by atoms with Crippen LogP contribution < -0.4 is 9.80 Å². The first-order valence-corrected chi connectivity index (χ1v) is 7.45. The molecule has 2 heterocycles. The van der Waals surface area contributed by atoms with Crippen molar-refractivity contribution < 1.29 is 0 Å². The molecule has 0 spiro atoms. The largest absolute Gasteiger partial charge is 0.378 e. The van der Waals surface area contributed by atoms with E-state index in [1.807, 2.05) is 38.4 Å². The minimum absolute atomic E-state index is 0.249. The van der Waals surface area contributed by atoms with E-state index in [1.165, 1.54) is 12.8 Å². The van der Waals surface area contributed by atoms with Crippen LogP contribution in [0.5, 0.6) is 0 Å². The molecule has 6 heteroatoms. The summed E-state index contributed by atoms with van der Waals surface area (Å²) in [5.41, 5.74) is 2.09. The molecule has 0 radical (unpaired) electrons. The molecule has 1 saturated heterocycles. The van der Waals surface area contributed by atoms with Crippen LogP contribution in [0.25, 0.3) is 11.4 Å². The number of nitrogens with zero attached hydrogens (tertiary/aromatic N) is 5. The Morgan fingerprint density at radius 2 is 1.67 bits per heavy atom. The zero-order valence-corrected chi connectivity index (χ0v) is 13.0. The van der Waals surface area contributed by atoms with Crippen LogP contribution in [0.15, 0.2) is 24.3 Å². The summed E-state index contributed by atoms with van der Waals surface area (Å²) >= 11 is 6.06. The highest BCUT2D eigenvalue weighted by atomic mass is 35.5. The maximum absolute atomic E-state index is 6.06. The lowest BCUT2D eigenvalue weighted by Gasteiger charge is -2.16. The molecule has 0 aliphatic carbocycles. The van der Waals surface area contributed by atoms with Gasteiger partial charge in [0.05, 0.1) is 0 Å². The Hall–Kier alpha value is -1.88. The first kappa shape index (κ1) is 14.1. The highest BCUT2D eigenvalue weighted by Crippen LogP contribution is 2.23. The maximum atomic E-state index is 6.06. The third-order valence-corrected chi connectivity index (χ3v) is 3.80. The van der Waals surface area contributed by atoms with E-state index in [-0.39, 0.29) is 5.28 Å². The molecule has 1 fully saturated rings. The van der Waals surface area contributed by atoms with Crippen molar-refractivity contribution in [1.82, 2.24) is 15.0 Å². The first-order valence-electron chi connectivity index (χ1n) is 7.08. The standard InChI is InChI=1S/C15H18ClN5/c1-20(2)12-7-5-11(6-8-12)13-17-14(16)19-15(18-13)21-9-3-4-10-21/h5-8H,3-4,9-10H2,1-2H3. The normalized spacial score (nSPS) is 14.5. The topological polar surface area (TPSA) is 45.2 Å². The van der Waals surface area contributed by atoms with E-state index in [4.69, 9.17) is 11.6 Å². The fraction of sp³-hybridized carbons (Fsp3) is 0.400. The number of benzene rings is 1. The molecule has 0 atom stereocenters. The molecule has 1 aromatic heterocycles. The molecule has 21 heavy (non-hydrogen) atoms. The summed E-state index contributed by atoms with van der Waals surface area (Å²) in [6.07, 6.45) is 2.35. The third-order valence-electron chi connectivity index (χ3n) is 3.63. The molecule has 0 N–H and O–H groups in total. The van der Waals surface area contributed by atoms with Crippen LogP contribution in [-0.4, -0.2) is 42.1 Å². The average molecular weight is 304 g/mol. The number of aromatic nitrogens is 3. The fourth-order valence-electron chi connectivity index (χ4n) is 2.44. The van der Waals surface area contributed by atoms with Crippen molar-refractivity contribution in [3.05, 3.63) is 29.5 Å². The lowest BCUT2D eigenvalue weighted by atomic mass is 10.2. The van der Waals surface area contributed by atoms with Crippen LogP contribution in [0, 0.1) is 0 Å². The summed E-state index contributed by atoms with van der Waals surface area (Å²) < 4.78 is 0. The molecule has 3 rings (SSSR count). The van der Waals surface area contributed by atoms with E-state index < -0.39 is 0 Å². The summed E-state index contributed by atoms with van der Waals surface area (Å²) in [5, 5.41) is 0.249. The molecule has 0 amide bonds. The van der Waals surface area contributed by atoms with Crippen LogP contribution in [-0.2, 0) is 0 Å². The van der Waals surface area contributed by atoms with Gasteiger partial charge in [-0.1, -0.05) is 0 Å². The van der Waals surface area contributed by atoms with E-state index in [2.05, 4.69) is 24.8 Å². The van der Waals surface area contributed by atoms with Crippen LogP contribution in [0.1, 0.15) is 12.8 Å². The first-order chi connectivity index (χ1) is 10.1. The Morgan fingerprint density at radius 1 is 1.00 bits per heavy atom. The van der Waals surface area contributed by atoms with Gasteiger partial charge in [-0.05, 0) is 48.7 Å². The van der Waals surface area contributed by atoms with Gasteiger partial charge in [0.15, 0.2) is 5.82 Å². The minimum atomic E-state index is 0.249. The molecular weight excluding hydrogens is 286 g/mol. The minimum Gasteiger partial charge on any atom is -0.378 e. The SMILES string of the molecule is CN(C)c1ccc(-c2nc(Cl)nc(N3CCCC3)n2)cc1. The van der Waals surface area contributed by atoms with Crippen LogP contribution in [0.3, 0.4) is 0 Å². The molecule has 1 aliphatic rings. The highest BCUT2D eigenvalue weighted by Gasteiger charge is 2.17. The quantitative estimate of drug-likeness (QED) is 0.872. The summed E-state index contributed by atoms with van der Waals surface area (Å²) in [6.45, 7) is 1.97. The molecule has 0 saturated carbocycles. The predicted molar refractivity (Wildman–Crippen MR) is 86.0 cm³/mol. The van der Waals surface area contributed by atoms with Gasteiger partial charge in [-0.3, -0.25) is 0 Å². The summed E-state index contributed by atoms with van der Waals surface area (Å²) in [6, 6.07) is 8.11. The Morgan fingerprint density at radius 3 is 2.29 bits per heavy atom. The maximum Gasteiger partial charge on any atom is 0.230 e. The summed E-state index contributed by atoms with van der Waals surface area (Å²) in [5.74, 6) is 1.31. The Labute approximate surface area is 129 Å². The van der Waals surface area contributed by atoms with Crippen molar-refractivity contribution in [3.8, 4) is 11.4 Å². The second kappa shape index (κ2) is 5.85. The number of rotatable bonds is 3. The zero-order valence-electron chi connectivity index (χ0n) is 12.3. The molecular formula is C15H18ClN5. The Balaban J connectivity index is 1.93. The number of halogens is 1. The molecule has 5 nitrogen and oxygen atoms in total. The van der Waals surface area contributed by atoms with Gasteiger partial charge in [0, 0.05) is 38.4 Å². The van der Waals surface area contributed by atoms with Crippen molar-refractivity contribution in [2.75, 3.05) is 37.0 Å². The second-order valence-electron chi connectivity index (χ2n) is 5.36. The number of hydrogen-bond acceptors (Lipinski definition) is 5. The molecule has 1 aromatic carbocycles. The van der Waals surface area contributed by atoms with Gasteiger partial charge in [-0.2, -0.15) is 15.0 Å². The van der Waals surface area contributed by atoms with Gasteiger partial charge < -0.3 is 9.80 Å². The number of anilines is 2. The fourth-order valence-corrected chi connectivity index (χ4v) is 2.59. The van der Waals surface area contributed by atoms with Crippen LogP contribution in [0.4, 0.5) is 11.6 Å². The lowest BCUT2D eigenvalue weighted by Crippen LogP contribution is -2.21. The lowest BCUT2D eigenvalue weighted by molar-refractivity contribution is 0.883. The van der Waals surface area contributed by atoms with Gasteiger partial charge in [-0.25, -0.2) is 0 Å². The van der Waals surface area contributed by atoms with Crippen molar-refractivity contribution in [2.24, 2.45) is 0 Å². The van der Waals surface area contributed by atoms with Gasteiger partial charge in [0.25, 0.3) is 0 Å². The molecule has 0 unspecified atom stereocenters. The third kappa shape index (κ3) is 3.08. The summed E-state index contributed by atoms with van der Waals surface area (Å²) in [7, 11) is 4.03. The predicted octanol–water partition coefficient (Wildman–Crippen LogP) is 2.86. The highest BCUT2D eigenvalue weighted by molar-refractivity contribution is 6.28.